The van der Waals surface area contributed by atoms with Crippen LogP contribution >= 0.6 is 0 Å². The molecule has 1 aromatic carbocycles. The first kappa shape index (κ1) is 17.3. The summed E-state index contributed by atoms with van der Waals surface area (Å²) in [4.78, 5) is 26.8. The van der Waals surface area contributed by atoms with Crippen LogP contribution < -0.4 is 9.64 Å². The molecule has 25 heavy (non-hydrogen) atoms. The second kappa shape index (κ2) is 6.09. The Bertz CT molecular complexity index is 700. The van der Waals surface area contributed by atoms with E-state index < -0.39 is 10.5 Å². The van der Waals surface area contributed by atoms with Gasteiger partial charge in [-0.1, -0.05) is 0 Å². The van der Waals surface area contributed by atoms with Crippen molar-refractivity contribution < 1.29 is 19.2 Å². The highest BCUT2D eigenvalue weighted by atomic mass is 16.6. The highest BCUT2D eigenvalue weighted by molar-refractivity contribution is 5.71. The smallest absolute Gasteiger partial charge is 0.410 e. The average molecular weight is 349 g/mol. The number of ether oxygens (including phenoxy) is 2. The van der Waals surface area contributed by atoms with E-state index in [1.165, 1.54) is 19.2 Å². The maximum absolute atomic E-state index is 12.3. The Morgan fingerprint density at radius 1 is 1.28 bits per heavy atom. The van der Waals surface area contributed by atoms with Gasteiger partial charge in [-0.25, -0.2) is 4.79 Å². The van der Waals surface area contributed by atoms with E-state index in [1.807, 2.05) is 20.8 Å². The van der Waals surface area contributed by atoms with Crippen molar-refractivity contribution in [2.24, 2.45) is 0 Å². The number of carbonyl (C=O) groups excluding carboxylic acids is 1. The Labute approximate surface area is 146 Å². The van der Waals surface area contributed by atoms with Crippen LogP contribution in [0.1, 0.15) is 27.2 Å². The highest BCUT2D eigenvalue weighted by Gasteiger charge is 2.47. The van der Waals surface area contributed by atoms with Gasteiger partial charge in [0.2, 0.25) is 0 Å². The number of hydrogen-bond acceptors (Lipinski definition) is 6. The zero-order valence-corrected chi connectivity index (χ0v) is 14.9. The molecule has 2 aliphatic heterocycles. The molecule has 0 radical (unpaired) electrons. The number of carbonyl (C=O) groups is 1. The summed E-state index contributed by atoms with van der Waals surface area (Å²) in [5.74, 6) is 0.477. The van der Waals surface area contributed by atoms with Gasteiger partial charge in [0.15, 0.2) is 0 Å². The Hall–Kier alpha value is -2.51. The van der Waals surface area contributed by atoms with Crippen LogP contribution in [0.5, 0.6) is 5.75 Å². The normalized spacial score (nSPS) is 22.2. The van der Waals surface area contributed by atoms with Gasteiger partial charge in [0.1, 0.15) is 11.4 Å². The lowest BCUT2D eigenvalue weighted by Crippen LogP contribution is -2.50. The van der Waals surface area contributed by atoms with Crippen LogP contribution in [0.2, 0.25) is 0 Å². The number of fused-ring (bicyclic) bond motifs is 2. The molecular weight excluding hydrogens is 326 g/mol. The van der Waals surface area contributed by atoms with Gasteiger partial charge in [0, 0.05) is 25.2 Å². The second-order valence-electron chi connectivity index (χ2n) is 7.44. The molecular formula is C17H23N3O5. The minimum Gasteiger partial charge on any atom is -0.494 e. The summed E-state index contributed by atoms with van der Waals surface area (Å²) < 4.78 is 10.8. The summed E-state index contributed by atoms with van der Waals surface area (Å²) in [5, 5.41) is 10.9. The Morgan fingerprint density at radius 2 is 2.00 bits per heavy atom. The fourth-order valence-corrected chi connectivity index (χ4v) is 3.52. The molecule has 0 aliphatic carbocycles. The lowest BCUT2D eigenvalue weighted by atomic mass is 10.2. The van der Waals surface area contributed by atoms with Crippen molar-refractivity contribution in [3.8, 4) is 5.75 Å². The van der Waals surface area contributed by atoms with Gasteiger partial charge >= 0.3 is 6.09 Å². The van der Waals surface area contributed by atoms with E-state index >= 15 is 0 Å². The predicted octanol–water partition coefficient (Wildman–Crippen LogP) is 2.80. The third kappa shape index (κ3) is 3.33. The molecule has 0 saturated carbocycles. The molecule has 136 valence electrons. The number of nitro groups is 1. The number of amides is 1. The first-order valence-electron chi connectivity index (χ1n) is 8.28. The van der Waals surface area contributed by atoms with E-state index in [0.29, 0.717) is 18.8 Å². The number of non-ortho nitro benzene ring substituents is 1. The minimum absolute atomic E-state index is 0.000313. The van der Waals surface area contributed by atoms with Gasteiger partial charge in [-0.15, -0.1) is 0 Å². The van der Waals surface area contributed by atoms with Crippen LogP contribution in [0.15, 0.2) is 18.2 Å². The standard InChI is InChI=1S/C17H23N3O5/c1-17(2,3)25-16(21)19-10-12-7-13(19)9-18(12)14-6-5-11(20(22)23)8-15(14)24-4/h5-6,8,12-13H,7,9-10H2,1-4H3. The fraction of sp³-hybridized carbons (Fsp3) is 0.588. The van der Waals surface area contributed by atoms with Gasteiger partial charge < -0.3 is 19.3 Å². The predicted molar refractivity (Wildman–Crippen MR) is 92.1 cm³/mol. The SMILES string of the molecule is COc1cc([N+](=O)[O-])ccc1N1CC2CC1CN2C(=O)OC(C)(C)C. The fourth-order valence-electron chi connectivity index (χ4n) is 3.52. The molecule has 0 spiro atoms. The third-order valence-corrected chi connectivity index (χ3v) is 4.55. The van der Waals surface area contributed by atoms with Crippen molar-refractivity contribution in [3.05, 3.63) is 28.3 Å². The topological polar surface area (TPSA) is 85.2 Å². The summed E-state index contributed by atoms with van der Waals surface area (Å²) in [6, 6.07) is 4.88. The Morgan fingerprint density at radius 3 is 2.52 bits per heavy atom. The monoisotopic (exact) mass is 349 g/mol. The Kier molecular flexibility index (Phi) is 4.22. The molecule has 2 atom stereocenters. The zero-order chi connectivity index (χ0) is 18.4. The second-order valence-corrected chi connectivity index (χ2v) is 7.44. The van der Waals surface area contributed by atoms with E-state index in [9.17, 15) is 14.9 Å². The van der Waals surface area contributed by atoms with Crippen LogP contribution in [-0.4, -0.2) is 53.8 Å². The van der Waals surface area contributed by atoms with Gasteiger partial charge in [-0.3, -0.25) is 10.1 Å². The first-order chi connectivity index (χ1) is 11.7. The molecule has 8 nitrogen and oxygen atoms in total. The maximum Gasteiger partial charge on any atom is 0.410 e. The van der Waals surface area contributed by atoms with E-state index in [2.05, 4.69) is 4.90 Å². The third-order valence-electron chi connectivity index (χ3n) is 4.55. The van der Waals surface area contributed by atoms with Crippen LogP contribution in [0, 0.1) is 10.1 Å². The summed E-state index contributed by atoms with van der Waals surface area (Å²) in [7, 11) is 1.50. The van der Waals surface area contributed by atoms with Gasteiger partial charge in [-0.05, 0) is 33.3 Å². The average Bonchev–Trinajstić information content (AvgIpc) is 3.12. The molecule has 1 amide bonds. The molecule has 2 unspecified atom stereocenters. The maximum atomic E-state index is 12.3. The molecule has 1 aromatic rings. The highest BCUT2D eigenvalue weighted by Crippen LogP contribution is 2.40. The summed E-state index contributed by atoms with van der Waals surface area (Å²) in [6.45, 7) is 6.81. The number of nitro benzene ring substituents is 1. The number of hydrogen-bond donors (Lipinski definition) is 0. The van der Waals surface area contributed by atoms with E-state index in [0.717, 1.165) is 12.1 Å². The summed E-state index contributed by atoms with van der Waals surface area (Å²) >= 11 is 0. The molecule has 8 heteroatoms. The number of piperazine rings is 1. The van der Waals surface area contributed by atoms with Crippen molar-refractivity contribution >= 4 is 17.5 Å². The zero-order valence-electron chi connectivity index (χ0n) is 14.9. The van der Waals surface area contributed by atoms with Crippen LogP contribution in [0.3, 0.4) is 0 Å². The van der Waals surface area contributed by atoms with Crippen LogP contribution in [0.4, 0.5) is 16.2 Å². The van der Waals surface area contributed by atoms with Crippen LogP contribution in [-0.2, 0) is 4.74 Å². The van der Waals surface area contributed by atoms with E-state index in [4.69, 9.17) is 9.47 Å². The molecule has 2 aliphatic rings. The first-order valence-corrected chi connectivity index (χ1v) is 8.28. The molecule has 0 N–H and O–H groups in total. The van der Waals surface area contributed by atoms with Gasteiger partial charge in [-0.2, -0.15) is 0 Å². The number of methoxy groups -OCH3 is 1. The molecule has 2 fully saturated rings. The number of anilines is 1. The van der Waals surface area contributed by atoms with Crippen molar-refractivity contribution in [1.29, 1.82) is 0 Å². The molecule has 0 aromatic heterocycles. The summed E-state index contributed by atoms with van der Waals surface area (Å²) in [6.07, 6.45) is 0.578. The quantitative estimate of drug-likeness (QED) is 0.616. The van der Waals surface area contributed by atoms with Gasteiger partial charge in [0.05, 0.1) is 29.8 Å². The lowest BCUT2D eigenvalue weighted by Gasteiger charge is -2.36. The Balaban J connectivity index is 1.75. The largest absolute Gasteiger partial charge is 0.494 e. The van der Waals surface area contributed by atoms with Crippen molar-refractivity contribution in [3.63, 3.8) is 0 Å². The van der Waals surface area contributed by atoms with Crippen LogP contribution in [0.25, 0.3) is 0 Å². The minimum atomic E-state index is -0.514. The van der Waals surface area contributed by atoms with Gasteiger partial charge in [0.25, 0.3) is 5.69 Å². The van der Waals surface area contributed by atoms with E-state index in [1.54, 1.807) is 11.0 Å². The van der Waals surface area contributed by atoms with Crippen molar-refractivity contribution in [1.82, 2.24) is 4.90 Å². The molecule has 2 saturated heterocycles. The van der Waals surface area contributed by atoms with Crippen molar-refractivity contribution in [2.75, 3.05) is 25.1 Å². The molecule has 2 heterocycles. The molecule has 2 bridgehead atoms. The number of nitrogens with zero attached hydrogens (tertiary/aromatic N) is 3. The molecule has 3 rings (SSSR count). The van der Waals surface area contributed by atoms with E-state index in [-0.39, 0.29) is 23.9 Å². The summed E-state index contributed by atoms with van der Waals surface area (Å²) in [5.41, 5.74) is 0.310. The number of rotatable bonds is 3. The lowest BCUT2D eigenvalue weighted by molar-refractivity contribution is -0.384. The van der Waals surface area contributed by atoms with Crippen molar-refractivity contribution in [2.45, 2.75) is 44.9 Å². The number of likely N-dealkylation sites (tertiary alicyclic amines) is 1. The number of benzene rings is 1.